The van der Waals surface area contributed by atoms with Gasteiger partial charge in [0, 0.05) is 23.7 Å². The number of nitro groups is 1. The quantitative estimate of drug-likeness (QED) is 0.541. The number of benzene rings is 1. The number of pyridine rings is 1. The zero-order chi connectivity index (χ0) is 16.8. The van der Waals surface area contributed by atoms with Gasteiger partial charge in [-0.15, -0.1) is 0 Å². The maximum atomic E-state index is 13.5. The smallest absolute Gasteiger partial charge is 0.258 e. The Morgan fingerprint density at radius 2 is 1.87 bits per heavy atom. The van der Waals surface area contributed by atoms with E-state index in [1.165, 1.54) is 19.2 Å². The highest BCUT2D eigenvalue weighted by Crippen LogP contribution is 2.25. The summed E-state index contributed by atoms with van der Waals surface area (Å²) in [4.78, 5) is 13.7. The maximum absolute atomic E-state index is 13.5. The Morgan fingerprint density at radius 3 is 2.48 bits per heavy atom. The third-order valence-corrected chi connectivity index (χ3v) is 5.17. The number of nitrogens with zero attached hydrogens (tertiary/aromatic N) is 3. The fourth-order valence-corrected chi connectivity index (χ4v) is 3.52. The molecule has 3 aromatic rings. The fraction of sp³-hybridized carbons (Fsp3) is 0.0714. The van der Waals surface area contributed by atoms with E-state index in [1.807, 2.05) is 0 Å². The van der Waals surface area contributed by atoms with E-state index in [-0.39, 0.29) is 16.2 Å². The lowest BCUT2D eigenvalue weighted by Crippen LogP contribution is -2.12. The van der Waals surface area contributed by atoms with Crippen molar-refractivity contribution in [1.82, 2.24) is 8.96 Å². The molecule has 9 heteroatoms. The van der Waals surface area contributed by atoms with Crippen LogP contribution in [0.4, 0.5) is 10.1 Å². The minimum Gasteiger partial charge on any atom is -0.258 e. The van der Waals surface area contributed by atoms with Crippen LogP contribution < -0.4 is 0 Å². The van der Waals surface area contributed by atoms with Crippen LogP contribution in [-0.2, 0) is 10.0 Å². The normalized spacial score (nSPS) is 11.7. The lowest BCUT2D eigenvalue weighted by molar-refractivity contribution is -0.384. The molecule has 0 saturated carbocycles. The molecule has 1 aromatic carbocycles. The van der Waals surface area contributed by atoms with Gasteiger partial charge in [0.25, 0.3) is 15.7 Å². The van der Waals surface area contributed by atoms with Crippen LogP contribution in [0.1, 0.15) is 5.56 Å². The molecule has 0 saturated heterocycles. The number of non-ortho nitro benzene ring substituents is 1. The average molecular weight is 335 g/mol. The van der Waals surface area contributed by atoms with Gasteiger partial charge in [0.1, 0.15) is 5.82 Å². The van der Waals surface area contributed by atoms with Gasteiger partial charge in [-0.25, -0.2) is 21.8 Å². The molecule has 0 radical (unpaired) electrons. The second-order valence-electron chi connectivity index (χ2n) is 4.84. The molecule has 2 heterocycles. The van der Waals surface area contributed by atoms with Crippen molar-refractivity contribution in [3.63, 3.8) is 0 Å². The van der Waals surface area contributed by atoms with Crippen LogP contribution in [0.25, 0.3) is 11.0 Å². The SMILES string of the molecule is Cc1c(F)cnc2c1ccn2S(=O)(=O)c1ccc([N+](=O)[O-])cc1. The highest BCUT2D eigenvalue weighted by Gasteiger charge is 2.21. The molecule has 0 fully saturated rings. The Bertz CT molecular complexity index is 1030. The first kappa shape index (κ1) is 15.1. The molecule has 0 N–H and O–H groups in total. The van der Waals surface area contributed by atoms with Gasteiger partial charge < -0.3 is 0 Å². The summed E-state index contributed by atoms with van der Waals surface area (Å²) in [5, 5.41) is 11.0. The van der Waals surface area contributed by atoms with E-state index in [4.69, 9.17) is 0 Å². The van der Waals surface area contributed by atoms with Gasteiger partial charge in [-0.2, -0.15) is 0 Å². The topological polar surface area (TPSA) is 95.1 Å². The standard InChI is InChI=1S/C14H10FN3O4S/c1-9-12-6-7-17(14(12)16-8-13(9)15)23(21,22)11-4-2-10(3-5-11)18(19)20/h2-8H,1H3. The largest absolute Gasteiger partial charge is 0.269 e. The Balaban J connectivity index is 2.17. The molecule has 7 nitrogen and oxygen atoms in total. The minimum absolute atomic E-state index is 0.0993. The van der Waals surface area contributed by atoms with Crippen LogP contribution in [0.2, 0.25) is 0 Å². The van der Waals surface area contributed by atoms with Crippen molar-refractivity contribution in [1.29, 1.82) is 0 Å². The summed E-state index contributed by atoms with van der Waals surface area (Å²) >= 11 is 0. The first-order valence-corrected chi connectivity index (χ1v) is 7.88. The van der Waals surface area contributed by atoms with Crippen molar-refractivity contribution in [2.45, 2.75) is 11.8 Å². The highest BCUT2D eigenvalue weighted by molar-refractivity contribution is 7.90. The highest BCUT2D eigenvalue weighted by atomic mass is 32.2. The number of aryl methyl sites for hydroxylation is 1. The summed E-state index contributed by atoms with van der Waals surface area (Å²) in [5.41, 5.74) is 0.187. The van der Waals surface area contributed by atoms with Gasteiger partial charge in [0.15, 0.2) is 5.65 Å². The van der Waals surface area contributed by atoms with E-state index >= 15 is 0 Å². The molecule has 0 atom stereocenters. The summed E-state index contributed by atoms with van der Waals surface area (Å²) in [5.74, 6) is -0.525. The van der Waals surface area contributed by atoms with Crippen molar-refractivity contribution in [2.75, 3.05) is 0 Å². The molecule has 2 aromatic heterocycles. The molecule has 0 aliphatic heterocycles. The monoisotopic (exact) mass is 335 g/mol. The van der Waals surface area contributed by atoms with Crippen LogP contribution in [0.5, 0.6) is 0 Å². The number of rotatable bonds is 3. The molecular formula is C14H10FN3O4S. The summed E-state index contributed by atoms with van der Waals surface area (Å²) in [7, 11) is -3.99. The van der Waals surface area contributed by atoms with Crippen molar-refractivity contribution in [3.8, 4) is 0 Å². The van der Waals surface area contributed by atoms with E-state index in [0.717, 1.165) is 34.4 Å². The molecule has 0 bridgehead atoms. The minimum atomic E-state index is -3.99. The van der Waals surface area contributed by atoms with Crippen LogP contribution in [-0.4, -0.2) is 22.3 Å². The average Bonchev–Trinajstić information content (AvgIpc) is 2.96. The van der Waals surface area contributed by atoms with Crippen LogP contribution in [0.3, 0.4) is 0 Å². The summed E-state index contributed by atoms with van der Waals surface area (Å²) in [6, 6.07) is 5.98. The van der Waals surface area contributed by atoms with Crippen LogP contribution in [0, 0.1) is 22.9 Å². The van der Waals surface area contributed by atoms with Gasteiger partial charge in [-0.3, -0.25) is 10.1 Å². The molecule has 23 heavy (non-hydrogen) atoms. The van der Waals surface area contributed by atoms with Gasteiger partial charge in [-0.05, 0) is 30.7 Å². The summed E-state index contributed by atoms with van der Waals surface area (Å²) < 4.78 is 39.7. The van der Waals surface area contributed by atoms with Crippen molar-refractivity contribution >= 4 is 26.7 Å². The Hall–Kier alpha value is -2.81. The summed E-state index contributed by atoms with van der Waals surface area (Å²) in [6.45, 7) is 1.53. The third-order valence-electron chi connectivity index (χ3n) is 3.49. The number of halogens is 1. The van der Waals surface area contributed by atoms with E-state index in [0.29, 0.717) is 10.9 Å². The van der Waals surface area contributed by atoms with Crippen molar-refractivity contribution < 1.29 is 17.7 Å². The second kappa shape index (κ2) is 5.13. The lowest BCUT2D eigenvalue weighted by Gasteiger charge is -2.07. The second-order valence-corrected chi connectivity index (χ2v) is 6.65. The van der Waals surface area contributed by atoms with Gasteiger partial charge in [0.2, 0.25) is 0 Å². The number of nitro benzene ring substituents is 1. The molecule has 0 amide bonds. The molecule has 0 aliphatic rings. The number of hydrogen-bond acceptors (Lipinski definition) is 5. The summed E-state index contributed by atoms with van der Waals surface area (Å²) in [6.07, 6.45) is 2.24. The van der Waals surface area contributed by atoms with E-state index < -0.39 is 20.8 Å². The molecular weight excluding hydrogens is 325 g/mol. The zero-order valence-corrected chi connectivity index (χ0v) is 12.6. The maximum Gasteiger partial charge on any atom is 0.269 e. The predicted molar refractivity (Wildman–Crippen MR) is 80.1 cm³/mol. The number of fused-ring (bicyclic) bond motifs is 1. The predicted octanol–water partition coefficient (Wildman–Crippen LogP) is 2.63. The van der Waals surface area contributed by atoms with E-state index in [9.17, 15) is 22.9 Å². The fourth-order valence-electron chi connectivity index (χ4n) is 2.22. The van der Waals surface area contributed by atoms with Crippen LogP contribution >= 0.6 is 0 Å². The lowest BCUT2D eigenvalue weighted by atomic mass is 10.2. The molecule has 0 aliphatic carbocycles. The first-order valence-electron chi connectivity index (χ1n) is 6.44. The Morgan fingerprint density at radius 1 is 1.22 bits per heavy atom. The van der Waals surface area contributed by atoms with Crippen molar-refractivity contribution in [2.24, 2.45) is 0 Å². The molecule has 0 spiro atoms. The van der Waals surface area contributed by atoms with E-state index in [2.05, 4.69) is 4.98 Å². The Labute approximate surface area is 130 Å². The molecule has 0 unspecified atom stereocenters. The zero-order valence-electron chi connectivity index (χ0n) is 11.8. The number of hydrogen-bond donors (Lipinski definition) is 0. The molecule has 118 valence electrons. The van der Waals surface area contributed by atoms with Gasteiger partial charge >= 0.3 is 0 Å². The third kappa shape index (κ3) is 2.34. The Kier molecular flexibility index (Phi) is 3.37. The first-order chi connectivity index (χ1) is 10.8. The molecule has 3 rings (SSSR count). The van der Waals surface area contributed by atoms with Gasteiger partial charge in [-0.1, -0.05) is 0 Å². The van der Waals surface area contributed by atoms with Gasteiger partial charge in [0.05, 0.1) is 16.0 Å². The van der Waals surface area contributed by atoms with E-state index in [1.54, 1.807) is 0 Å². The van der Waals surface area contributed by atoms with Crippen molar-refractivity contribution in [3.05, 3.63) is 64.2 Å². The number of aromatic nitrogens is 2. The van der Waals surface area contributed by atoms with Crippen LogP contribution in [0.15, 0.2) is 47.6 Å².